The second kappa shape index (κ2) is 6.50. The van der Waals surface area contributed by atoms with E-state index in [4.69, 9.17) is 5.11 Å². The molecule has 2 N–H and O–H groups in total. The topological polar surface area (TPSA) is 109 Å². The molecule has 0 aliphatic heterocycles. The fraction of sp³-hybridized carbons (Fsp3) is 0.500. The van der Waals surface area contributed by atoms with Gasteiger partial charge in [-0.25, -0.2) is 9.50 Å². The molecule has 0 saturated carbocycles. The second-order valence-electron chi connectivity index (χ2n) is 5.30. The number of hydrogen-bond donors (Lipinski definition) is 2. The number of nitrogens with one attached hydrogen (secondary N) is 1. The summed E-state index contributed by atoms with van der Waals surface area (Å²) in [6.45, 7) is 5.46. The maximum atomic E-state index is 11.9. The smallest absolute Gasteiger partial charge is 0.305 e. The van der Waals surface area contributed by atoms with E-state index in [1.54, 1.807) is 11.4 Å². The van der Waals surface area contributed by atoms with E-state index in [1.165, 1.54) is 6.33 Å². The largest absolute Gasteiger partial charge is 0.481 e. The summed E-state index contributed by atoms with van der Waals surface area (Å²) >= 11 is 0. The third kappa shape index (κ3) is 3.57. The van der Waals surface area contributed by atoms with E-state index in [1.807, 2.05) is 13.8 Å². The first-order chi connectivity index (χ1) is 10.4. The first-order valence-electron chi connectivity index (χ1n) is 7.05. The minimum absolute atomic E-state index is 0.0870. The molecule has 2 aromatic heterocycles. The molecule has 0 aromatic carbocycles. The van der Waals surface area contributed by atoms with Crippen molar-refractivity contribution in [3.63, 3.8) is 0 Å². The molecule has 1 atom stereocenters. The molecule has 1 unspecified atom stereocenters. The van der Waals surface area contributed by atoms with Crippen molar-refractivity contribution in [1.29, 1.82) is 0 Å². The molecule has 8 nitrogen and oxygen atoms in total. The van der Waals surface area contributed by atoms with Crippen molar-refractivity contribution in [2.75, 3.05) is 0 Å². The van der Waals surface area contributed by atoms with Gasteiger partial charge in [-0.1, -0.05) is 0 Å². The summed E-state index contributed by atoms with van der Waals surface area (Å²) in [5.74, 6) is -0.565. The molecule has 0 bridgehead atoms. The van der Waals surface area contributed by atoms with Gasteiger partial charge in [-0.15, -0.1) is 0 Å². The van der Waals surface area contributed by atoms with Gasteiger partial charge in [0.25, 0.3) is 5.78 Å². The highest BCUT2D eigenvalue weighted by Crippen LogP contribution is 2.14. The third-order valence-electron chi connectivity index (χ3n) is 3.48. The van der Waals surface area contributed by atoms with Gasteiger partial charge >= 0.3 is 5.97 Å². The van der Waals surface area contributed by atoms with Crippen LogP contribution in [0, 0.1) is 13.8 Å². The SMILES string of the molecule is Cc1nc2ncnn2c(C)c1CCC(=O)NC(C)CC(=O)O. The van der Waals surface area contributed by atoms with Crippen LogP contribution in [0.2, 0.25) is 0 Å². The lowest BCUT2D eigenvalue weighted by Crippen LogP contribution is -2.34. The fourth-order valence-electron chi connectivity index (χ4n) is 2.42. The number of aliphatic carboxylic acids is 1. The Balaban J connectivity index is 2.02. The Morgan fingerprint density at radius 1 is 1.41 bits per heavy atom. The third-order valence-corrected chi connectivity index (χ3v) is 3.48. The van der Waals surface area contributed by atoms with Crippen LogP contribution < -0.4 is 5.32 Å². The Morgan fingerprint density at radius 2 is 2.14 bits per heavy atom. The van der Waals surface area contributed by atoms with Crippen LogP contribution in [0.3, 0.4) is 0 Å². The first-order valence-corrected chi connectivity index (χ1v) is 7.05. The van der Waals surface area contributed by atoms with Gasteiger partial charge in [0.2, 0.25) is 5.91 Å². The minimum Gasteiger partial charge on any atom is -0.481 e. The number of carboxylic acids is 1. The molecule has 2 rings (SSSR count). The summed E-state index contributed by atoms with van der Waals surface area (Å²) in [4.78, 5) is 30.9. The predicted octanol–water partition coefficient (Wildman–Crippen LogP) is 0.653. The number of aryl methyl sites for hydroxylation is 2. The number of hydrogen-bond acceptors (Lipinski definition) is 5. The highest BCUT2D eigenvalue weighted by Gasteiger charge is 2.14. The van der Waals surface area contributed by atoms with Gasteiger partial charge in [-0.2, -0.15) is 10.1 Å². The number of aromatic nitrogens is 4. The Labute approximate surface area is 127 Å². The van der Waals surface area contributed by atoms with E-state index < -0.39 is 5.97 Å². The normalized spacial score (nSPS) is 12.3. The molecule has 0 saturated heterocycles. The zero-order valence-electron chi connectivity index (χ0n) is 12.8. The highest BCUT2D eigenvalue weighted by atomic mass is 16.4. The van der Waals surface area contributed by atoms with E-state index in [-0.39, 0.29) is 24.8 Å². The maximum absolute atomic E-state index is 11.9. The maximum Gasteiger partial charge on any atom is 0.305 e. The fourth-order valence-corrected chi connectivity index (χ4v) is 2.42. The van der Waals surface area contributed by atoms with Crippen molar-refractivity contribution in [2.45, 2.75) is 46.1 Å². The molecule has 22 heavy (non-hydrogen) atoms. The van der Waals surface area contributed by atoms with Crippen LogP contribution in [0.1, 0.15) is 36.7 Å². The number of amides is 1. The Kier molecular flexibility index (Phi) is 4.69. The van der Waals surface area contributed by atoms with E-state index in [9.17, 15) is 9.59 Å². The second-order valence-corrected chi connectivity index (χ2v) is 5.30. The van der Waals surface area contributed by atoms with Crippen LogP contribution in [0.4, 0.5) is 0 Å². The lowest BCUT2D eigenvalue weighted by Gasteiger charge is -2.13. The van der Waals surface area contributed by atoms with Crippen molar-refractivity contribution in [2.24, 2.45) is 0 Å². The van der Waals surface area contributed by atoms with E-state index in [0.29, 0.717) is 12.2 Å². The first kappa shape index (κ1) is 15.9. The quantitative estimate of drug-likeness (QED) is 0.811. The highest BCUT2D eigenvalue weighted by molar-refractivity contribution is 5.77. The van der Waals surface area contributed by atoms with Crippen molar-refractivity contribution in [1.82, 2.24) is 24.9 Å². The van der Waals surface area contributed by atoms with Gasteiger partial charge in [0, 0.05) is 23.9 Å². The van der Waals surface area contributed by atoms with Gasteiger partial charge in [0.05, 0.1) is 6.42 Å². The molecule has 0 radical (unpaired) electrons. The van der Waals surface area contributed by atoms with Crippen molar-refractivity contribution < 1.29 is 14.7 Å². The zero-order valence-corrected chi connectivity index (χ0v) is 12.8. The van der Waals surface area contributed by atoms with Crippen molar-refractivity contribution in [3.8, 4) is 0 Å². The average molecular weight is 305 g/mol. The molecule has 1 amide bonds. The summed E-state index contributed by atoms with van der Waals surface area (Å²) in [5.41, 5.74) is 2.69. The van der Waals surface area contributed by atoms with E-state index in [2.05, 4.69) is 20.4 Å². The number of carboxylic acid groups (broad SMARTS) is 1. The molecular formula is C14H19N5O3. The summed E-state index contributed by atoms with van der Waals surface area (Å²) in [6, 6.07) is -0.386. The van der Waals surface area contributed by atoms with Crippen LogP contribution >= 0.6 is 0 Å². The van der Waals surface area contributed by atoms with E-state index >= 15 is 0 Å². The molecule has 8 heteroatoms. The number of rotatable bonds is 6. The molecule has 0 spiro atoms. The molecule has 0 fully saturated rings. The lowest BCUT2D eigenvalue weighted by atomic mass is 10.1. The van der Waals surface area contributed by atoms with Crippen LogP contribution in [0.25, 0.3) is 5.78 Å². The zero-order chi connectivity index (χ0) is 16.3. The summed E-state index contributed by atoms with van der Waals surface area (Å²) in [6.07, 6.45) is 2.15. The summed E-state index contributed by atoms with van der Waals surface area (Å²) in [7, 11) is 0. The number of nitrogens with zero attached hydrogens (tertiary/aromatic N) is 4. The van der Waals surface area contributed by atoms with Crippen molar-refractivity contribution in [3.05, 3.63) is 23.3 Å². The molecule has 0 aliphatic carbocycles. The van der Waals surface area contributed by atoms with Gasteiger partial charge < -0.3 is 10.4 Å². The number of carbonyl (C=O) groups excluding carboxylic acids is 1. The van der Waals surface area contributed by atoms with Crippen LogP contribution in [0.15, 0.2) is 6.33 Å². The predicted molar refractivity (Wildman–Crippen MR) is 78.4 cm³/mol. The Morgan fingerprint density at radius 3 is 2.82 bits per heavy atom. The van der Waals surface area contributed by atoms with Crippen molar-refractivity contribution >= 4 is 17.7 Å². The molecule has 0 aliphatic rings. The minimum atomic E-state index is -0.930. The van der Waals surface area contributed by atoms with E-state index in [0.717, 1.165) is 17.0 Å². The number of fused-ring (bicyclic) bond motifs is 1. The van der Waals surface area contributed by atoms with Gasteiger partial charge in [-0.05, 0) is 32.8 Å². The molecule has 118 valence electrons. The van der Waals surface area contributed by atoms with Gasteiger partial charge in [0.15, 0.2) is 0 Å². The monoisotopic (exact) mass is 305 g/mol. The van der Waals surface area contributed by atoms with Crippen LogP contribution in [-0.4, -0.2) is 42.6 Å². The average Bonchev–Trinajstić information content (AvgIpc) is 2.85. The summed E-state index contributed by atoms with van der Waals surface area (Å²) in [5, 5.41) is 15.5. The van der Waals surface area contributed by atoms with Gasteiger partial charge in [-0.3, -0.25) is 9.59 Å². The standard InChI is InChI=1S/C14H19N5O3/c1-8(6-13(21)22)17-12(20)5-4-11-9(2)18-14-15-7-16-19(14)10(11)3/h7-8H,4-6H2,1-3H3,(H,17,20)(H,21,22). The van der Waals surface area contributed by atoms with Gasteiger partial charge in [0.1, 0.15) is 6.33 Å². The van der Waals surface area contributed by atoms with Crippen LogP contribution in [0.5, 0.6) is 0 Å². The Hall–Kier alpha value is -2.51. The lowest BCUT2D eigenvalue weighted by molar-refractivity contribution is -0.137. The summed E-state index contributed by atoms with van der Waals surface area (Å²) < 4.78 is 1.65. The number of carbonyl (C=O) groups is 2. The molecule has 2 heterocycles. The molecule has 2 aromatic rings. The van der Waals surface area contributed by atoms with Crippen LogP contribution in [-0.2, 0) is 16.0 Å². The Bertz CT molecular complexity index is 710. The molecular weight excluding hydrogens is 286 g/mol.